The third-order valence-electron chi connectivity index (χ3n) is 16.9. The minimum atomic E-state index is -0.665. The first-order valence-corrected chi connectivity index (χ1v) is 36.2. The topological polar surface area (TPSA) is 95.9 Å². The van der Waals surface area contributed by atoms with Gasteiger partial charge in [0.1, 0.15) is 0 Å². The van der Waals surface area contributed by atoms with E-state index in [1.807, 2.05) is 0 Å². The third kappa shape index (κ3) is 65.2. The van der Waals surface area contributed by atoms with Gasteiger partial charge in [0.15, 0.2) is 0 Å². The van der Waals surface area contributed by atoms with Crippen LogP contribution < -0.4 is 5.32 Å². The number of amides is 1. The molecule has 0 saturated carbocycles. The average molecular weight is 1120 g/mol. The Labute approximate surface area is 500 Å². The van der Waals surface area contributed by atoms with E-state index in [2.05, 4.69) is 55.6 Å². The zero-order chi connectivity index (χ0) is 57.8. The van der Waals surface area contributed by atoms with E-state index < -0.39 is 12.1 Å². The summed E-state index contributed by atoms with van der Waals surface area (Å²) in [5, 5.41) is 23.4. The van der Waals surface area contributed by atoms with Gasteiger partial charge in [-0.25, -0.2) is 0 Å². The van der Waals surface area contributed by atoms with E-state index in [4.69, 9.17) is 4.74 Å². The van der Waals surface area contributed by atoms with Crippen molar-refractivity contribution in [3.63, 3.8) is 0 Å². The molecule has 0 aliphatic rings. The van der Waals surface area contributed by atoms with Crippen molar-refractivity contribution in [1.29, 1.82) is 0 Å². The lowest BCUT2D eigenvalue weighted by Crippen LogP contribution is -2.45. The van der Waals surface area contributed by atoms with Crippen molar-refractivity contribution >= 4 is 11.9 Å². The lowest BCUT2D eigenvalue weighted by atomic mass is 10.0. The van der Waals surface area contributed by atoms with Gasteiger partial charge in [-0.1, -0.05) is 339 Å². The molecule has 2 unspecified atom stereocenters. The molecule has 0 rings (SSSR count). The molecule has 6 heteroatoms. The molecule has 1 amide bonds. The van der Waals surface area contributed by atoms with Gasteiger partial charge >= 0.3 is 5.97 Å². The molecule has 472 valence electrons. The Kier molecular flexibility index (Phi) is 67.9. The van der Waals surface area contributed by atoms with E-state index in [-0.39, 0.29) is 18.5 Å². The van der Waals surface area contributed by atoms with Crippen LogP contribution in [0.4, 0.5) is 0 Å². The van der Waals surface area contributed by atoms with Crippen LogP contribution in [-0.2, 0) is 14.3 Å². The number of carbonyl (C=O) groups excluding carboxylic acids is 2. The third-order valence-corrected chi connectivity index (χ3v) is 16.9. The zero-order valence-corrected chi connectivity index (χ0v) is 54.1. The van der Waals surface area contributed by atoms with E-state index in [1.54, 1.807) is 0 Å². The van der Waals surface area contributed by atoms with Crippen molar-refractivity contribution in [3.05, 3.63) is 36.5 Å². The van der Waals surface area contributed by atoms with Crippen LogP contribution >= 0.6 is 0 Å². The van der Waals surface area contributed by atoms with Crippen molar-refractivity contribution in [3.8, 4) is 0 Å². The van der Waals surface area contributed by atoms with Crippen molar-refractivity contribution in [1.82, 2.24) is 5.32 Å². The molecule has 0 fully saturated rings. The predicted molar refractivity (Wildman–Crippen MR) is 352 cm³/mol. The highest BCUT2D eigenvalue weighted by molar-refractivity contribution is 5.76. The van der Waals surface area contributed by atoms with Crippen molar-refractivity contribution in [2.45, 2.75) is 411 Å². The Morgan fingerprint density at radius 2 is 0.625 bits per heavy atom. The summed E-state index contributed by atoms with van der Waals surface area (Å²) in [7, 11) is 0. The van der Waals surface area contributed by atoms with Crippen molar-refractivity contribution < 1.29 is 24.5 Å². The van der Waals surface area contributed by atoms with Crippen LogP contribution in [0.3, 0.4) is 0 Å². The van der Waals surface area contributed by atoms with Crippen LogP contribution in [0.25, 0.3) is 0 Å². The molecule has 0 radical (unpaired) electrons. The Morgan fingerprint density at radius 3 is 0.988 bits per heavy atom. The molecule has 2 atom stereocenters. The number of esters is 1. The average Bonchev–Trinajstić information content (AvgIpc) is 3.46. The van der Waals surface area contributed by atoms with E-state index in [0.717, 1.165) is 51.4 Å². The molecule has 0 spiro atoms. The van der Waals surface area contributed by atoms with Gasteiger partial charge < -0.3 is 20.3 Å². The number of carbonyl (C=O) groups is 2. The summed E-state index contributed by atoms with van der Waals surface area (Å²) in [5.74, 6) is -0.0287. The molecule has 0 aliphatic carbocycles. The predicted octanol–water partition coefficient (Wildman–Crippen LogP) is 23.5. The maximum atomic E-state index is 12.5. The quantitative estimate of drug-likeness (QED) is 0.0320. The number of nitrogens with one attached hydrogen (secondary N) is 1. The standard InChI is InChI=1S/C74H141NO5/c1-3-5-7-9-11-13-15-17-19-20-21-32-35-39-42-46-50-54-58-62-66-72(77)71(70-76)75-73(78)67-63-59-55-51-47-43-40-36-33-30-28-26-24-22-23-25-27-29-31-34-37-41-45-49-53-57-61-65-69-80-74(79)68-64-60-56-52-48-44-38-18-16-14-12-10-8-6-4-2/h12,14,18,22-23,38,71-72,76-77H,3-11,13,15-17,19-21,24-37,39-70H2,1-2H3,(H,75,78)/b14-12-,23-22-,38-18-. The SMILES string of the molecule is CCCCC/C=C\C/C=C\CCCCCCCC(=O)OCCCCCCCCCCCCCC/C=C\CCCCCCCCCCCCCCC(=O)NC(CO)C(O)CCCCCCCCCCCCCCCCCCCCCC. The number of aliphatic hydroxyl groups is 2. The first-order valence-electron chi connectivity index (χ1n) is 36.2. The monoisotopic (exact) mass is 1120 g/mol. The summed E-state index contributed by atoms with van der Waals surface area (Å²) >= 11 is 0. The Morgan fingerprint density at radius 1 is 0.350 bits per heavy atom. The van der Waals surface area contributed by atoms with Crippen molar-refractivity contribution in [2.75, 3.05) is 13.2 Å². The number of unbranched alkanes of at least 4 members (excludes halogenated alkanes) is 51. The minimum absolute atomic E-state index is 0.00232. The molecular formula is C74H141NO5. The maximum absolute atomic E-state index is 12.5. The van der Waals surface area contributed by atoms with E-state index in [1.165, 1.54) is 315 Å². The fourth-order valence-electron chi connectivity index (χ4n) is 11.4. The largest absolute Gasteiger partial charge is 0.466 e. The van der Waals surface area contributed by atoms with E-state index in [0.29, 0.717) is 25.9 Å². The van der Waals surface area contributed by atoms with Gasteiger partial charge in [-0.05, 0) is 83.5 Å². The molecule has 0 saturated heterocycles. The van der Waals surface area contributed by atoms with Crippen LogP contribution in [0.1, 0.15) is 399 Å². The highest BCUT2D eigenvalue weighted by Gasteiger charge is 2.20. The lowest BCUT2D eigenvalue weighted by Gasteiger charge is -2.22. The van der Waals surface area contributed by atoms with Crippen LogP contribution in [0.15, 0.2) is 36.5 Å². The molecule has 3 N–H and O–H groups in total. The van der Waals surface area contributed by atoms with Crippen LogP contribution in [0.5, 0.6) is 0 Å². The molecule has 6 nitrogen and oxygen atoms in total. The lowest BCUT2D eigenvalue weighted by molar-refractivity contribution is -0.143. The number of rotatable bonds is 68. The van der Waals surface area contributed by atoms with Gasteiger partial charge in [-0.2, -0.15) is 0 Å². The number of aliphatic hydroxyl groups excluding tert-OH is 2. The molecule has 0 aromatic heterocycles. The van der Waals surface area contributed by atoms with Crippen LogP contribution in [0.2, 0.25) is 0 Å². The maximum Gasteiger partial charge on any atom is 0.305 e. The van der Waals surface area contributed by atoms with Crippen LogP contribution in [0, 0.1) is 0 Å². The fraction of sp³-hybridized carbons (Fsp3) is 0.892. The molecule has 0 aliphatic heterocycles. The van der Waals surface area contributed by atoms with E-state index in [9.17, 15) is 19.8 Å². The highest BCUT2D eigenvalue weighted by Crippen LogP contribution is 2.19. The fourth-order valence-corrected chi connectivity index (χ4v) is 11.4. The normalized spacial score (nSPS) is 12.7. The van der Waals surface area contributed by atoms with Gasteiger partial charge in [-0.15, -0.1) is 0 Å². The van der Waals surface area contributed by atoms with Crippen LogP contribution in [-0.4, -0.2) is 47.4 Å². The number of ether oxygens (including phenoxy) is 1. The second kappa shape index (κ2) is 69.6. The minimum Gasteiger partial charge on any atom is -0.466 e. The smallest absolute Gasteiger partial charge is 0.305 e. The second-order valence-corrected chi connectivity index (χ2v) is 24.9. The molecule has 0 aromatic carbocycles. The van der Waals surface area contributed by atoms with E-state index >= 15 is 0 Å². The Bertz CT molecular complexity index is 1300. The molecule has 80 heavy (non-hydrogen) atoms. The first kappa shape index (κ1) is 78.1. The molecular weight excluding hydrogens is 983 g/mol. The Balaban J connectivity index is 3.38. The van der Waals surface area contributed by atoms with Gasteiger partial charge in [-0.3, -0.25) is 9.59 Å². The highest BCUT2D eigenvalue weighted by atomic mass is 16.5. The zero-order valence-electron chi connectivity index (χ0n) is 54.1. The second-order valence-electron chi connectivity index (χ2n) is 24.9. The summed E-state index contributed by atoms with van der Waals surface area (Å²) in [5.41, 5.74) is 0. The first-order chi connectivity index (χ1) is 39.5. The summed E-state index contributed by atoms with van der Waals surface area (Å²) in [6, 6.07) is -0.543. The summed E-state index contributed by atoms with van der Waals surface area (Å²) in [4.78, 5) is 24.6. The molecule has 0 heterocycles. The van der Waals surface area contributed by atoms with Crippen molar-refractivity contribution in [2.24, 2.45) is 0 Å². The molecule has 0 aromatic rings. The van der Waals surface area contributed by atoms with Gasteiger partial charge in [0.05, 0.1) is 25.4 Å². The number of hydrogen-bond donors (Lipinski definition) is 3. The summed E-state index contributed by atoms with van der Waals surface area (Å²) < 4.78 is 5.49. The number of allylic oxidation sites excluding steroid dienone is 6. The summed E-state index contributed by atoms with van der Waals surface area (Å²) in [6.45, 7) is 4.96. The van der Waals surface area contributed by atoms with Gasteiger partial charge in [0.25, 0.3) is 0 Å². The van der Waals surface area contributed by atoms with Gasteiger partial charge in [0.2, 0.25) is 5.91 Å². The Hall–Kier alpha value is -1.92. The molecule has 0 bridgehead atoms. The number of hydrogen-bond acceptors (Lipinski definition) is 5. The summed E-state index contributed by atoms with van der Waals surface area (Å²) in [6.07, 6.45) is 89.1. The van der Waals surface area contributed by atoms with Gasteiger partial charge in [0, 0.05) is 12.8 Å².